The van der Waals surface area contributed by atoms with Crippen molar-refractivity contribution in [2.24, 2.45) is 0 Å². The van der Waals surface area contributed by atoms with E-state index in [-0.39, 0.29) is 5.56 Å². The number of ether oxygens (including phenoxy) is 2. The van der Waals surface area contributed by atoms with Gasteiger partial charge in [0.25, 0.3) is 5.56 Å². The van der Waals surface area contributed by atoms with Gasteiger partial charge in [-0.25, -0.2) is 15.0 Å². The second-order valence-corrected chi connectivity index (χ2v) is 6.57. The topological polar surface area (TPSA) is 90.0 Å². The van der Waals surface area contributed by atoms with Crippen molar-refractivity contribution in [2.45, 2.75) is 13.3 Å². The molecule has 7 nitrogen and oxygen atoms in total. The molecule has 4 aromatic rings. The molecule has 0 bridgehead atoms. The Balaban J connectivity index is 1.72. The lowest BCUT2D eigenvalue weighted by Crippen LogP contribution is -2.13. The lowest BCUT2D eigenvalue weighted by Gasteiger charge is -2.10. The Hall–Kier alpha value is -3.74. The van der Waals surface area contributed by atoms with Gasteiger partial charge in [-0.3, -0.25) is 4.79 Å². The third-order valence-corrected chi connectivity index (χ3v) is 4.64. The summed E-state index contributed by atoms with van der Waals surface area (Å²) in [5, 5.41) is 1.01. The SMILES string of the molecule is COc1ccc(-c2cc(=O)[nH]c(Cc3nc(C)c4ccccc4n3)n2)cc1OC. The summed E-state index contributed by atoms with van der Waals surface area (Å²) in [6, 6.07) is 14.7. The van der Waals surface area contributed by atoms with Crippen LogP contribution in [0.1, 0.15) is 17.3 Å². The normalized spacial score (nSPS) is 10.9. The number of benzene rings is 2. The predicted octanol–water partition coefficient (Wildman–Crippen LogP) is 3.30. The van der Waals surface area contributed by atoms with Gasteiger partial charge in [0.1, 0.15) is 11.6 Å². The molecule has 0 atom stereocenters. The summed E-state index contributed by atoms with van der Waals surface area (Å²) in [7, 11) is 3.14. The van der Waals surface area contributed by atoms with Gasteiger partial charge in [-0.2, -0.15) is 0 Å². The van der Waals surface area contributed by atoms with Gasteiger partial charge >= 0.3 is 0 Å². The molecule has 0 aliphatic carbocycles. The van der Waals surface area contributed by atoms with Crippen LogP contribution in [0, 0.1) is 6.92 Å². The number of hydrogen-bond acceptors (Lipinski definition) is 6. The summed E-state index contributed by atoms with van der Waals surface area (Å²) in [5.74, 6) is 2.29. The number of methoxy groups -OCH3 is 2. The number of aryl methyl sites for hydroxylation is 1. The minimum Gasteiger partial charge on any atom is -0.493 e. The predicted molar refractivity (Wildman–Crippen MR) is 110 cm³/mol. The number of nitrogens with one attached hydrogen (secondary N) is 1. The van der Waals surface area contributed by atoms with E-state index in [4.69, 9.17) is 9.47 Å². The van der Waals surface area contributed by atoms with Gasteiger partial charge in [-0.1, -0.05) is 18.2 Å². The molecule has 0 fully saturated rings. The molecule has 0 saturated carbocycles. The Morgan fingerprint density at radius 2 is 1.72 bits per heavy atom. The summed E-state index contributed by atoms with van der Waals surface area (Å²) in [6.07, 6.45) is 0.321. The highest BCUT2D eigenvalue weighted by Gasteiger charge is 2.11. The molecular formula is C22H20N4O3. The van der Waals surface area contributed by atoms with Crippen molar-refractivity contribution in [3.8, 4) is 22.8 Å². The summed E-state index contributed by atoms with van der Waals surface area (Å²) in [6.45, 7) is 1.95. The van der Waals surface area contributed by atoms with Crippen LogP contribution in [0.15, 0.2) is 53.3 Å². The Labute approximate surface area is 167 Å². The van der Waals surface area contributed by atoms with Gasteiger partial charge in [-0.05, 0) is 31.2 Å². The van der Waals surface area contributed by atoms with Crippen LogP contribution in [0.3, 0.4) is 0 Å². The molecule has 0 aliphatic heterocycles. The van der Waals surface area contributed by atoms with Crippen LogP contribution in [0.2, 0.25) is 0 Å². The first-order valence-electron chi connectivity index (χ1n) is 9.12. The first-order chi connectivity index (χ1) is 14.1. The quantitative estimate of drug-likeness (QED) is 0.564. The molecule has 0 saturated heterocycles. The highest BCUT2D eigenvalue weighted by atomic mass is 16.5. The summed E-state index contributed by atoms with van der Waals surface area (Å²) in [4.78, 5) is 28.8. The number of aromatic amines is 1. The zero-order valence-electron chi connectivity index (χ0n) is 16.4. The number of nitrogens with zero attached hydrogens (tertiary/aromatic N) is 3. The van der Waals surface area contributed by atoms with E-state index in [9.17, 15) is 4.79 Å². The number of rotatable bonds is 5. The van der Waals surface area contributed by atoms with Crippen molar-refractivity contribution < 1.29 is 9.47 Å². The van der Waals surface area contributed by atoms with E-state index in [0.29, 0.717) is 35.3 Å². The van der Waals surface area contributed by atoms with Crippen LogP contribution >= 0.6 is 0 Å². The van der Waals surface area contributed by atoms with Crippen LogP contribution in [0.5, 0.6) is 11.5 Å². The smallest absolute Gasteiger partial charge is 0.251 e. The van der Waals surface area contributed by atoms with Gasteiger partial charge in [-0.15, -0.1) is 0 Å². The first kappa shape index (κ1) is 18.6. The number of hydrogen-bond donors (Lipinski definition) is 1. The third kappa shape index (κ3) is 3.80. The fourth-order valence-electron chi connectivity index (χ4n) is 3.26. The lowest BCUT2D eigenvalue weighted by atomic mass is 10.1. The Kier molecular flexibility index (Phi) is 4.95. The van der Waals surface area contributed by atoms with Crippen LogP contribution < -0.4 is 15.0 Å². The molecule has 0 amide bonds. The van der Waals surface area contributed by atoms with Crippen molar-refractivity contribution in [3.05, 3.63) is 76.2 Å². The Morgan fingerprint density at radius 3 is 2.52 bits per heavy atom. The van der Waals surface area contributed by atoms with E-state index in [0.717, 1.165) is 22.2 Å². The highest BCUT2D eigenvalue weighted by molar-refractivity contribution is 5.80. The number of aromatic nitrogens is 4. The van der Waals surface area contributed by atoms with Crippen molar-refractivity contribution in [1.82, 2.24) is 19.9 Å². The fraction of sp³-hybridized carbons (Fsp3) is 0.182. The van der Waals surface area contributed by atoms with E-state index in [1.165, 1.54) is 6.07 Å². The number of H-pyrrole nitrogens is 1. The molecule has 0 aliphatic rings. The molecule has 0 unspecified atom stereocenters. The number of fused-ring (bicyclic) bond motifs is 1. The minimum absolute atomic E-state index is 0.239. The van der Waals surface area contributed by atoms with Gasteiger partial charge < -0.3 is 14.5 Å². The van der Waals surface area contributed by atoms with Crippen molar-refractivity contribution >= 4 is 10.9 Å². The molecule has 4 rings (SSSR count). The third-order valence-electron chi connectivity index (χ3n) is 4.64. The van der Waals surface area contributed by atoms with E-state index in [1.54, 1.807) is 26.4 Å². The average molecular weight is 388 g/mol. The van der Waals surface area contributed by atoms with E-state index in [1.807, 2.05) is 37.3 Å². The van der Waals surface area contributed by atoms with Crippen LogP contribution in [0.4, 0.5) is 0 Å². The van der Waals surface area contributed by atoms with Crippen molar-refractivity contribution in [2.75, 3.05) is 14.2 Å². The van der Waals surface area contributed by atoms with E-state index >= 15 is 0 Å². The second-order valence-electron chi connectivity index (χ2n) is 6.57. The summed E-state index contributed by atoms with van der Waals surface area (Å²) >= 11 is 0. The molecule has 29 heavy (non-hydrogen) atoms. The zero-order valence-corrected chi connectivity index (χ0v) is 16.4. The van der Waals surface area contributed by atoms with Gasteiger partial charge in [0.05, 0.1) is 31.9 Å². The van der Waals surface area contributed by atoms with E-state index < -0.39 is 0 Å². The summed E-state index contributed by atoms with van der Waals surface area (Å²) < 4.78 is 10.6. The molecule has 2 aromatic carbocycles. The fourth-order valence-corrected chi connectivity index (χ4v) is 3.26. The van der Waals surface area contributed by atoms with Gasteiger partial charge in [0.15, 0.2) is 11.5 Å². The number of para-hydroxylation sites is 1. The molecule has 146 valence electrons. The van der Waals surface area contributed by atoms with Crippen LogP contribution in [-0.4, -0.2) is 34.2 Å². The maximum atomic E-state index is 12.2. The van der Waals surface area contributed by atoms with Crippen LogP contribution in [-0.2, 0) is 6.42 Å². The molecule has 2 heterocycles. The van der Waals surface area contributed by atoms with Gasteiger partial charge in [0, 0.05) is 22.7 Å². The highest BCUT2D eigenvalue weighted by Crippen LogP contribution is 2.31. The maximum absolute atomic E-state index is 12.2. The Bertz CT molecular complexity index is 1250. The van der Waals surface area contributed by atoms with E-state index in [2.05, 4.69) is 19.9 Å². The maximum Gasteiger partial charge on any atom is 0.251 e. The Morgan fingerprint density at radius 1 is 0.931 bits per heavy atom. The van der Waals surface area contributed by atoms with Crippen LogP contribution in [0.25, 0.3) is 22.2 Å². The standard InChI is InChI=1S/C22H20N4O3/c1-13-15-6-4-5-7-16(15)24-20(23-13)12-21-25-17(11-22(27)26-21)14-8-9-18(28-2)19(10-14)29-3/h4-11H,12H2,1-3H3,(H,25,26,27). The monoisotopic (exact) mass is 388 g/mol. The molecule has 7 heteroatoms. The first-order valence-corrected chi connectivity index (χ1v) is 9.12. The molecule has 0 spiro atoms. The zero-order chi connectivity index (χ0) is 20.4. The lowest BCUT2D eigenvalue weighted by molar-refractivity contribution is 0.355. The van der Waals surface area contributed by atoms with Crippen molar-refractivity contribution in [3.63, 3.8) is 0 Å². The van der Waals surface area contributed by atoms with Crippen molar-refractivity contribution in [1.29, 1.82) is 0 Å². The molecule has 1 N–H and O–H groups in total. The van der Waals surface area contributed by atoms with Gasteiger partial charge in [0.2, 0.25) is 0 Å². The molecule has 0 radical (unpaired) electrons. The second kappa shape index (κ2) is 7.71. The largest absolute Gasteiger partial charge is 0.493 e. The summed E-state index contributed by atoms with van der Waals surface area (Å²) in [5.41, 5.74) is 2.82. The minimum atomic E-state index is -0.239. The average Bonchev–Trinajstić information content (AvgIpc) is 2.73. The molecule has 2 aromatic heterocycles. The molecular weight excluding hydrogens is 368 g/mol.